The summed E-state index contributed by atoms with van der Waals surface area (Å²) >= 11 is 0. The second-order valence-corrected chi connectivity index (χ2v) is 11.1. The van der Waals surface area contributed by atoms with Crippen molar-refractivity contribution in [3.05, 3.63) is 68.8 Å². The average Bonchev–Trinajstić information content (AvgIpc) is 3.73. The number of ether oxygens (including phenoxy) is 1. The van der Waals surface area contributed by atoms with Gasteiger partial charge in [0.15, 0.2) is 0 Å². The number of carboxylic acids is 1. The number of benzene rings is 2. The van der Waals surface area contributed by atoms with Crippen LogP contribution in [-0.4, -0.2) is 53.4 Å². The summed E-state index contributed by atoms with van der Waals surface area (Å²) in [7, 11) is 0. The Bertz CT molecular complexity index is 1660. The zero-order valence-corrected chi connectivity index (χ0v) is 22.9. The van der Waals surface area contributed by atoms with Gasteiger partial charge >= 0.3 is 12.1 Å². The molecule has 1 aliphatic carbocycles. The van der Waals surface area contributed by atoms with Gasteiger partial charge in [0.05, 0.1) is 29.7 Å². The fraction of sp³-hybridized carbons (Fsp3) is 0.400. The molecule has 2 aliphatic heterocycles. The van der Waals surface area contributed by atoms with Crippen molar-refractivity contribution in [3.63, 3.8) is 0 Å². The normalized spacial score (nSPS) is 18.7. The molecule has 2 amide bonds. The number of nitrogens with one attached hydrogen (secondary N) is 1. The summed E-state index contributed by atoms with van der Waals surface area (Å²) in [6.45, 7) is 4.55. The number of aryl methyl sites for hydroxylation is 2. The zero-order chi connectivity index (χ0) is 29.0. The first-order valence-corrected chi connectivity index (χ1v) is 13.8. The van der Waals surface area contributed by atoms with E-state index in [4.69, 9.17) is 4.74 Å². The third-order valence-corrected chi connectivity index (χ3v) is 8.18. The summed E-state index contributed by atoms with van der Waals surface area (Å²) in [6, 6.07) is 7.55. The molecule has 1 atom stereocenters. The first-order valence-electron chi connectivity index (χ1n) is 13.8. The Morgan fingerprint density at radius 1 is 1.17 bits per heavy atom. The molecule has 6 rings (SSSR count). The molecule has 2 aromatic carbocycles. The van der Waals surface area contributed by atoms with E-state index in [9.17, 15) is 24.3 Å². The Hall–Kier alpha value is -4.41. The maximum Gasteiger partial charge on any atom is 0.414 e. The monoisotopic (exact) mass is 562 g/mol. The van der Waals surface area contributed by atoms with E-state index in [1.54, 1.807) is 11.0 Å². The summed E-state index contributed by atoms with van der Waals surface area (Å²) < 4.78 is 23.2. The number of hydrogen-bond donors (Lipinski definition) is 2. The van der Waals surface area contributed by atoms with Crippen LogP contribution in [0.3, 0.4) is 0 Å². The number of rotatable bonds is 6. The quantitative estimate of drug-likeness (QED) is 0.468. The predicted molar refractivity (Wildman–Crippen MR) is 150 cm³/mol. The van der Waals surface area contributed by atoms with Crippen molar-refractivity contribution >= 4 is 40.2 Å². The van der Waals surface area contributed by atoms with Crippen LogP contribution in [0.2, 0.25) is 0 Å². The van der Waals surface area contributed by atoms with Gasteiger partial charge in [-0.1, -0.05) is 6.07 Å². The number of anilines is 2. The molecule has 0 bridgehead atoms. The molecular formula is C30H31FN4O6. The molecule has 1 saturated carbocycles. The molecule has 1 aromatic heterocycles. The predicted octanol–water partition coefficient (Wildman–Crippen LogP) is 3.90. The van der Waals surface area contributed by atoms with E-state index in [1.165, 1.54) is 20.0 Å². The van der Waals surface area contributed by atoms with Gasteiger partial charge in [-0.05, 0) is 61.9 Å². The molecule has 3 heterocycles. The molecule has 0 unspecified atom stereocenters. The Kier molecular flexibility index (Phi) is 6.67. The van der Waals surface area contributed by atoms with Crippen molar-refractivity contribution in [2.24, 2.45) is 0 Å². The molecule has 1 saturated heterocycles. The van der Waals surface area contributed by atoms with Gasteiger partial charge in [0.1, 0.15) is 17.5 Å². The molecule has 3 aliphatic rings. The van der Waals surface area contributed by atoms with Gasteiger partial charge in [0, 0.05) is 43.5 Å². The third-order valence-electron chi connectivity index (χ3n) is 8.18. The van der Waals surface area contributed by atoms with E-state index in [2.05, 4.69) is 5.32 Å². The Balaban J connectivity index is 1.32. The highest BCUT2D eigenvalue weighted by atomic mass is 19.1. The second kappa shape index (κ2) is 10.2. The number of hydrogen-bond acceptors (Lipinski definition) is 6. The lowest BCUT2D eigenvalue weighted by molar-refractivity contribution is -0.119. The highest BCUT2D eigenvalue weighted by Crippen LogP contribution is 2.40. The molecule has 214 valence electrons. The van der Waals surface area contributed by atoms with Crippen LogP contribution in [0, 0.1) is 12.7 Å². The average molecular weight is 563 g/mol. The summed E-state index contributed by atoms with van der Waals surface area (Å²) in [4.78, 5) is 52.1. The van der Waals surface area contributed by atoms with E-state index >= 15 is 4.39 Å². The lowest BCUT2D eigenvalue weighted by Gasteiger charge is -2.26. The molecule has 2 N–H and O–H groups in total. The zero-order valence-electron chi connectivity index (χ0n) is 22.9. The lowest BCUT2D eigenvalue weighted by Crippen LogP contribution is -2.33. The number of cyclic esters (lactones) is 1. The van der Waals surface area contributed by atoms with E-state index < -0.39 is 29.4 Å². The van der Waals surface area contributed by atoms with E-state index in [1.807, 2.05) is 27.7 Å². The molecule has 41 heavy (non-hydrogen) atoms. The third kappa shape index (κ3) is 4.89. The standard InChI is InChI=1S/C30H31FN4O6/c1-16-26-24(34(20-7-8-20)15-23(28(26)37)29(38)39)11-25(27(16)31)33-9-3-4-18-10-21(6-5-19(18)13-33)35-14-22(41-30(35)40)12-32-17(2)36/h5-6,10-11,15,20,22H,3-4,7-9,12-14H2,1-2H3,(H,32,36)(H,38,39)/t22-/m0/s1. The van der Waals surface area contributed by atoms with Gasteiger partial charge in [-0.15, -0.1) is 0 Å². The summed E-state index contributed by atoms with van der Waals surface area (Å²) in [5, 5.41) is 12.4. The molecule has 10 nitrogen and oxygen atoms in total. The Morgan fingerprint density at radius 3 is 2.66 bits per heavy atom. The van der Waals surface area contributed by atoms with Gasteiger partial charge in [-0.2, -0.15) is 0 Å². The molecule has 0 radical (unpaired) electrons. The largest absolute Gasteiger partial charge is 0.477 e. The Labute approximate surface area is 235 Å². The van der Waals surface area contributed by atoms with Crippen LogP contribution in [-0.2, 0) is 22.5 Å². The number of carbonyl (C=O) groups is 3. The molecule has 3 aromatic rings. The van der Waals surface area contributed by atoms with Crippen molar-refractivity contribution in [3.8, 4) is 0 Å². The Morgan fingerprint density at radius 2 is 1.95 bits per heavy atom. The van der Waals surface area contributed by atoms with Crippen LogP contribution in [0.15, 0.2) is 35.3 Å². The minimum Gasteiger partial charge on any atom is -0.477 e. The maximum atomic E-state index is 15.9. The number of aromatic nitrogens is 1. The van der Waals surface area contributed by atoms with E-state index in [0.717, 1.165) is 36.8 Å². The molecule has 11 heteroatoms. The molecule has 2 fully saturated rings. The van der Waals surface area contributed by atoms with Gasteiger partial charge in [0.25, 0.3) is 0 Å². The van der Waals surface area contributed by atoms with Crippen LogP contribution in [0.4, 0.5) is 20.6 Å². The highest BCUT2D eigenvalue weighted by molar-refractivity contribution is 5.95. The lowest BCUT2D eigenvalue weighted by atomic mass is 10.0. The summed E-state index contributed by atoms with van der Waals surface area (Å²) in [6.07, 6.45) is 3.74. The number of carbonyl (C=O) groups excluding carboxylic acids is 2. The minimum absolute atomic E-state index is 0.0901. The van der Waals surface area contributed by atoms with Gasteiger partial charge in [-0.25, -0.2) is 14.0 Å². The number of halogens is 1. The van der Waals surface area contributed by atoms with Crippen LogP contribution in [0.25, 0.3) is 10.9 Å². The fourth-order valence-electron chi connectivity index (χ4n) is 5.90. The van der Waals surface area contributed by atoms with Gasteiger partial charge in [0.2, 0.25) is 11.3 Å². The van der Waals surface area contributed by atoms with Crippen LogP contribution in [0.1, 0.15) is 59.3 Å². The van der Waals surface area contributed by atoms with Gasteiger partial charge < -0.3 is 24.6 Å². The maximum absolute atomic E-state index is 15.9. The fourth-order valence-corrected chi connectivity index (χ4v) is 5.90. The highest BCUT2D eigenvalue weighted by Gasteiger charge is 2.33. The van der Waals surface area contributed by atoms with Crippen LogP contribution < -0.4 is 20.5 Å². The molecular weight excluding hydrogens is 531 g/mol. The van der Waals surface area contributed by atoms with Crippen LogP contribution >= 0.6 is 0 Å². The number of nitrogens with zero attached hydrogens (tertiary/aromatic N) is 3. The number of aromatic carboxylic acids is 1. The summed E-state index contributed by atoms with van der Waals surface area (Å²) in [5.41, 5.74) is 2.85. The van der Waals surface area contributed by atoms with Crippen molar-refractivity contribution in [1.29, 1.82) is 0 Å². The van der Waals surface area contributed by atoms with E-state index in [-0.39, 0.29) is 35.0 Å². The first kappa shape index (κ1) is 26.8. The van der Waals surface area contributed by atoms with Crippen molar-refractivity contribution in [2.75, 3.05) is 29.4 Å². The molecule has 0 spiro atoms. The smallest absolute Gasteiger partial charge is 0.414 e. The SMILES string of the molecule is CC(=O)NC[C@H]1CN(c2ccc3c(c2)CCCN(c2cc4c(c(C)c2F)c(=O)c(C(=O)O)cn4C2CC2)C3)C(=O)O1. The second-order valence-electron chi connectivity index (χ2n) is 11.1. The summed E-state index contributed by atoms with van der Waals surface area (Å²) in [5.74, 6) is -2.03. The van der Waals surface area contributed by atoms with Crippen molar-refractivity contribution < 1.29 is 28.6 Å². The first-order chi connectivity index (χ1) is 19.6. The number of pyridine rings is 1. The minimum atomic E-state index is -1.32. The topological polar surface area (TPSA) is 121 Å². The van der Waals surface area contributed by atoms with Gasteiger partial charge in [-0.3, -0.25) is 14.5 Å². The van der Waals surface area contributed by atoms with Crippen LogP contribution in [0.5, 0.6) is 0 Å². The number of fused-ring (bicyclic) bond motifs is 2. The number of carboxylic acid groups (broad SMARTS) is 1. The number of amides is 2. The van der Waals surface area contributed by atoms with Crippen molar-refractivity contribution in [2.45, 2.75) is 58.2 Å². The van der Waals surface area contributed by atoms with Crippen molar-refractivity contribution in [1.82, 2.24) is 9.88 Å². The van der Waals surface area contributed by atoms with E-state index in [0.29, 0.717) is 36.5 Å².